The van der Waals surface area contributed by atoms with Gasteiger partial charge in [0, 0.05) is 11.3 Å². The van der Waals surface area contributed by atoms with E-state index in [1.807, 2.05) is 0 Å². The molecular formula is C22H20Cl2N2O4S. The molecule has 0 aliphatic carbocycles. The maximum absolute atomic E-state index is 12.5. The average molecular weight is 479 g/mol. The van der Waals surface area contributed by atoms with Gasteiger partial charge in [-0.1, -0.05) is 41.4 Å². The zero-order chi connectivity index (χ0) is 22.6. The van der Waals surface area contributed by atoms with Crippen LogP contribution in [0.3, 0.4) is 0 Å². The summed E-state index contributed by atoms with van der Waals surface area (Å²) in [6.45, 7) is 0.0409. The first-order valence-corrected chi connectivity index (χ1v) is 11.8. The maximum Gasteiger partial charge on any atom is 0.255 e. The Morgan fingerprint density at radius 1 is 1.00 bits per heavy atom. The molecule has 3 rings (SSSR count). The van der Waals surface area contributed by atoms with Gasteiger partial charge in [-0.25, -0.2) is 8.42 Å². The Bertz CT molecular complexity index is 1180. The van der Waals surface area contributed by atoms with Gasteiger partial charge in [-0.05, 0) is 54.1 Å². The van der Waals surface area contributed by atoms with Crippen molar-refractivity contribution in [3.8, 4) is 5.75 Å². The van der Waals surface area contributed by atoms with Crippen LogP contribution < -0.4 is 14.4 Å². The second kappa shape index (κ2) is 9.60. The third-order valence-corrected chi connectivity index (χ3v) is 6.43. The molecule has 9 heteroatoms. The highest BCUT2D eigenvalue weighted by Gasteiger charge is 2.21. The Morgan fingerprint density at radius 2 is 1.65 bits per heavy atom. The number of sulfonamides is 1. The molecule has 3 aromatic rings. The second-order valence-corrected chi connectivity index (χ2v) is 9.41. The molecule has 0 atom stereocenters. The molecule has 0 aromatic heterocycles. The third-order valence-electron chi connectivity index (χ3n) is 4.49. The topological polar surface area (TPSA) is 75.7 Å². The van der Waals surface area contributed by atoms with E-state index in [2.05, 4.69) is 5.32 Å². The molecular weight excluding hydrogens is 459 g/mol. The van der Waals surface area contributed by atoms with Crippen molar-refractivity contribution in [3.63, 3.8) is 0 Å². The molecule has 0 aliphatic rings. The molecule has 0 heterocycles. The van der Waals surface area contributed by atoms with Crippen LogP contribution in [0.15, 0.2) is 66.7 Å². The Balaban J connectivity index is 1.77. The molecule has 1 N–H and O–H groups in total. The van der Waals surface area contributed by atoms with Gasteiger partial charge in [-0.2, -0.15) is 0 Å². The number of carbonyl (C=O) groups excluding carboxylic acids is 1. The van der Waals surface area contributed by atoms with Crippen molar-refractivity contribution >= 4 is 50.5 Å². The molecule has 0 radical (unpaired) electrons. The highest BCUT2D eigenvalue weighted by molar-refractivity contribution is 7.92. The average Bonchev–Trinajstić information content (AvgIpc) is 2.74. The van der Waals surface area contributed by atoms with E-state index in [4.69, 9.17) is 27.9 Å². The van der Waals surface area contributed by atoms with Crippen LogP contribution in [0.2, 0.25) is 10.0 Å². The van der Waals surface area contributed by atoms with Crippen LogP contribution in [0.1, 0.15) is 15.9 Å². The largest absolute Gasteiger partial charge is 0.497 e. The number of ether oxygens (including phenoxy) is 1. The Morgan fingerprint density at radius 3 is 2.23 bits per heavy atom. The van der Waals surface area contributed by atoms with Crippen LogP contribution >= 0.6 is 23.2 Å². The number of methoxy groups -OCH3 is 1. The fourth-order valence-corrected chi connectivity index (χ4v) is 4.21. The van der Waals surface area contributed by atoms with Crippen molar-refractivity contribution in [2.45, 2.75) is 6.54 Å². The fraction of sp³-hybridized carbons (Fsp3) is 0.136. The predicted octanol–water partition coefficient (Wildman–Crippen LogP) is 5.22. The van der Waals surface area contributed by atoms with Crippen LogP contribution in [-0.2, 0) is 16.6 Å². The molecule has 1 amide bonds. The summed E-state index contributed by atoms with van der Waals surface area (Å²) < 4.78 is 31.0. The quantitative estimate of drug-likeness (QED) is 0.504. The van der Waals surface area contributed by atoms with E-state index in [0.29, 0.717) is 22.6 Å². The summed E-state index contributed by atoms with van der Waals surface area (Å²) in [5.41, 5.74) is 2.04. The fourth-order valence-electron chi connectivity index (χ4n) is 2.87. The Labute approximate surface area is 191 Å². The first-order chi connectivity index (χ1) is 14.7. The molecule has 0 fully saturated rings. The van der Waals surface area contributed by atoms with E-state index < -0.39 is 10.0 Å². The lowest BCUT2D eigenvalue weighted by atomic mass is 10.1. The van der Waals surface area contributed by atoms with Gasteiger partial charge in [0.05, 0.1) is 35.6 Å². The van der Waals surface area contributed by atoms with Crippen LogP contribution in [-0.4, -0.2) is 27.7 Å². The van der Waals surface area contributed by atoms with Crippen LogP contribution in [0, 0.1) is 0 Å². The lowest BCUT2D eigenvalue weighted by molar-refractivity contribution is 0.102. The smallest absolute Gasteiger partial charge is 0.255 e. The van der Waals surface area contributed by atoms with Crippen molar-refractivity contribution < 1.29 is 17.9 Å². The molecule has 3 aromatic carbocycles. The number of benzene rings is 3. The maximum atomic E-state index is 12.5. The SMILES string of the molecule is COc1ccc(NC(=O)c2ccc(CN(c3cccc(Cl)c3Cl)S(C)(=O)=O)cc2)cc1. The highest BCUT2D eigenvalue weighted by Crippen LogP contribution is 2.34. The Hall–Kier alpha value is -2.74. The lowest BCUT2D eigenvalue weighted by Crippen LogP contribution is -2.29. The summed E-state index contributed by atoms with van der Waals surface area (Å²) in [7, 11) is -2.06. The van der Waals surface area contributed by atoms with Gasteiger partial charge in [0.2, 0.25) is 10.0 Å². The monoisotopic (exact) mass is 478 g/mol. The summed E-state index contributed by atoms with van der Waals surface area (Å²) in [6, 6.07) is 18.4. The number of rotatable bonds is 7. The first kappa shape index (κ1) is 22.9. The van der Waals surface area contributed by atoms with E-state index in [0.717, 1.165) is 6.26 Å². The van der Waals surface area contributed by atoms with Gasteiger partial charge >= 0.3 is 0 Å². The minimum absolute atomic E-state index is 0.0409. The number of hydrogen-bond acceptors (Lipinski definition) is 4. The van der Waals surface area contributed by atoms with Crippen molar-refractivity contribution in [1.82, 2.24) is 0 Å². The summed E-state index contributed by atoms with van der Waals surface area (Å²) in [4.78, 5) is 12.5. The van der Waals surface area contributed by atoms with Gasteiger partial charge < -0.3 is 10.1 Å². The number of anilines is 2. The lowest BCUT2D eigenvalue weighted by Gasteiger charge is -2.24. The van der Waals surface area contributed by atoms with Crippen molar-refractivity contribution in [3.05, 3.63) is 87.9 Å². The first-order valence-electron chi connectivity index (χ1n) is 9.15. The van der Waals surface area contributed by atoms with Crippen molar-refractivity contribution in [2.75, 3.05) is 23.0 Å². The summed E-state index contributed by atoms with van der Waals surface area (Å²) in [5.74, 6) is 0.409. The van der Waals surface area contributed by atoms with Gasteiger partial charge in [0.1, 0.15) is 5.75 Å². The van der Waals surface area contributed by atoms with Crippen LogP contribution in [0.5, 0.6) is 5.75 Å². The van der Waals surface area contributed by atoms with Gasteiger partial charge in [-0.15, -0.1) is 0 Å². The van der Waals surface area contributed by atoms with Gasteiger partial charge in [0.15, 0.2) is 0 Å². The molecule has 0 saturated heterocycles. The number of carbonyl (C=O) groups is 1. The second-order valence-electron chi connectivity index (χ2n) is 6.72. The molecule has 0 spiro atoms. The summed E-state index contributed by atoms with van der Waals surface area (Å²) in [6.07, 6.45) is 1.10. The standard InChI is InChI=1S/C22H20Cl2N2O4S/c1-30-18-12-10-17(11-13-18)25-22(27)16-8-6-15(7-9-16)14-26(31(2,28)29)20-5-3-4-19(23)21(20)24/h3-13H,14H2,1-2H3,(H,25,27). The van der Waals surface area contributed by atoms with E-state index >= 15 is 0 Å². The zero-order valence-electron chi connectivity index (χ0n) is 16.8. The van der Waals surface area contributed by atoms with Gasteiger partial charge in [-0.3, -0.25) is 9.10 Å². The molecule has 0 bridgehead atoms. The number of hydrogen-bond donors (Lipinski definition) is 1. The summed E-state index contributed by atoms with van der Waals surface area (Å²) >= 11 is 12.3. The van der Waals surface area contributed by atoms with E-state index in [9.17, 15) is 13.2 Å². The summed E-state index contributed by atoms with van der Waals surface area (Å²) in [5, 5.41) is 3.22. The zero-order valence-corrected chi connectivity index (χ0v) is 19.1. The molecule has 162 valence electrons. The normalized spacial score (nSPS) is 11.1. The van der Waals surface area contributed by atoms with E-state index in [1.54, 1.807) is 73.8 Å². The van der Waals surface area contributed by atoms with Crippen molar-refractivity contribution in [1.29, 1.82) is 0 Å². The molecule has 31 heavy (non-hydrogen) atoms. The minimum atomic E-state index is -3.63. The number of halogens is 2. The van der Waals surface area contributed by atoms with E-state index in [1.165, 1.54) is 4.31 Å². The van der Waals surface area contributed by atoms with Gasteiger partial charge in [0.25, 0.3) is 5.91 Å². The Kier molecular flexibility index (Phi) is 7.10. The van der Waals surface area contributed by atoms with E-state index in [-0.39, 0.29) is 28.2 Å². The molecule has 0 saturated carbocycles. The highest BCUT2D eigenvalue weighted by atomic mass is 35.5. The number of amides is 1. The van der Waals surface area contributed by atoms with Crippen LogP contribution in [0.25, 0.3) is 0 Å². The third kappa shape index (κ3) is 5.70. The number of nitrogens with zero attached hydrogens (tertiary/aromatic N) is 1. The molecule has 6 nitrogen and oxygen atoms in total. The van der Waals surface area contributed by atoms with Crippen LogP contribution in [0.4, 0.5) is 11.4 Å². The number of nitrogens with one attached hydrogen (secondary N) is 1. The van der Waals surface area contributed by atoms with Crippen molar-refractivity contribution in [2.24, 2.45) is 0 Å². The predicted molar refractivity (Wildman–Crippen MR) is 125 cm³/mol. The minimum Gasteiger partial charge on any atom is -0.497 e. The molecule has 0 aliphatic heterocycles. The molecule has 0 unspecified atom stereocenters.